The predicted octanol–water partition coefficient (Wildman–Crippen LogP) is 2.55. The fraction of sp³-hybridized carbons (Fsp3) is 0.611. The van der Waals surface area contributed by atoms with Gasteiger partial charge in [-0.25, -0.2) is 0 Å². The smallest absolute Gasteiger partial charge is 0.417 e. The van der Waals surface area contributed by atoms with E-state index in [1.807, 2.05) is 0 Å². The van der Waals surface area contributed by atoms with Gasteiger partial charge in [0, 0.05) is 19.5 Å². The highest BCUT2D eigenvalue weighted by Gasteiger charge is 2.53. The van der Waals surface area contributed by atoms with Crippen LogP contribution in [-0.2, 0) is 11.2 Å². The molecule has 2 heterocycles. The normalized spacial score (nSPS) is 26.5. The SMILES string of the molecule is COc1ccc2c(c1)CC(C(=O)N1CCCC(O)(C(F)(F)F)CC1)CO2. The Morgan fingerprint density at radius 2 is 2.12 bits per heavy atom. The Bertz CT molecular complexity index is 679. The highest BCUT2D eigenvalue weighted by Crippen LogP contribution is 2.39. The molecule has 0 radical (unpaired) electrons. The van der Waals surface area contributed by atoms with E-state index in [9.17, 15) is 23.1 Å². The minimum Gasteiger partial charge on any atom is -0.497 e. The molecule has 0 aromatic heterocycles. The number of carbonyl (C=O) groups is 1. The first-order valence-corrected chi connectivity index (χ1v) is 8.61. The zero-order chi connectivity index (χ0) is 18.9. The number of halogens is 3. The molecule has 5 nitrogen and oxygen atoms in total. The lowest BCUT2D eigenvalue weighted by atomic mass is 9.94. The quantitative estimate of drug-likeness (QED) is 0.866. The molecule has 0 spiro atoms. The summed E-state index contributed by atoms with van der Waals surface area (Å²) in [5, 5.41) is 9.88. The van der Waals surface area contributed by atoms with Crippen LogP contribution in [-0.4, -0.2) is 54.5 Å². The van der Waals surface area contributed by atoms with E-state index >= 15 is 0 Å². The van der Waals surface area contributed by atoms with Gasteiger partial charge in [0.05, 0.1) is 13.0 Å². The largest absolute Gasteiger partial charge is 0.497 e. The summed E-state index contributed by atoms with van der Waals surface area (Å²) in [5.74, 6) is 0.666. The Morgan fingerprint density at radius 3 is 2.81 bits per heavy atom. The molecule has 0 saturated carbocycles. The molecule has 3 rings (SSSR count). The van der Waals surface area contributed by atoms with Gasteiger partial charge in [-0.05, 0) is 43.0 Å². The number of carbonyl (C=O) groups excluding carboxylic acids is 1. The second-order valence-corrected chi connectivity index (χ2v) is 6.89. The molecule has 144 valence electrons. The number of aliphatic hydroxyl groups is 1. The molecule has 1 saturated heterocycles. The van der Waals surface area contributed by atoms with Crippen molar-refractivity contribution in [2.24, 2.45) is 5.92 Å². The van der Waals surface area contributed by atoms with E-state index in [-0.39, 0.29) is 38.4 Å². The van der Waals surface area contributed by atoms with Crippen molar-refractivity contribution in [2.45, 2.75) is 37.5 Å². The molecule has 2 aliphatic rings. The van der Waals surface area contributed by atoms with Crippen molar-refractivity contribution in [2.75, 3.05) is 26.8 Å². The van der Waals surface area contributed by atoms with Gasteiger partial charge in [0.15, 0.2) is 5.60 Å². The molecule has 1 N–H and O–H groups in total. The van der Waals surface area contributed by atoms with Crippen LogP contribution in [0, 0.1) is 5.92 Å². The van der Waals surface area contributed by atoms with E-state index in [0.29, 0.717) is 17.9 Å². The number of rotatable bonds is 2. The van der Waals surface area contributed by atoms with E-state index < -0.39 is 24.1 Å². The number of methoxy groups -OCH3 is 1. The molecule has 2 unspecified atom stereocenters. The summed E-state index contributed by atoms with van der Waals surface area (Å²) in [7, 11) is 1.55. The molecule has 0 bridgehead atoms. The van der Waals surface area contributed by atoms with E-state index in [0.717, 1.165) is 5.56 Å². The van der Waals surface area contributed by atoms with Crippen molar-refractivity contribution in [1.29, 1.82) is 0 Å². The first-order valence-electron chi connectivity index (χ1n) is 8.61. The van der Waals surface area contributed by atoms with Gasteiger partial charge in [-0.2, -0.15) is 13.2 Å². The number of ether oxygens (including phenoxy) is 2. The molecule has 26 heavy (non-hydrogen) atoms. The summed E-state index contributed by atoms with van der Waals surface area (Å²) < 4.78 is 49.9. The molecule has 1 amide bonds. The second kappa shape index (κ2) is 6.98. The summed E-state index contributed by atoms with van der Waals surface area (Å²) in [5.41, 5.74) is -1.87. The van der Waals surface area contributed by atoms with Crippen LogP contribution in [0.15, 0.2) is 18.2 Å². The lowest BCUT2D eigenvalue weighted by Crippen LogP contribution is -2.46. The van der Waals surface area contributed by atoms with Crippen LogP contribution in [0.1, 0.15) is 24.8 Å². The van der Waals surface area contributed by atoms with Gasteiger partial charge >= 0.3 is 6.18 Å². The summed E-state index contributed by atoms with van der Waals surface area (Å²) in [6.07, 6.45) is -5.01. The maximum absolute atomic E-state index is 13.0. The zero-order valence-electron chi connectivity index (χ0n) is 14.5. The van der Waals surface area contributed by atoms with Crippen LogP contribution >= 0.6 is 0 Å². The van der Waals surface area contributed by atoms with Crippen LogP contribution in [0.5, 0.6) is 11.5 Å². The average Bonchev–Trinajstić information content (AvgIpc) is 2.82. The van der Waals surface area contributed by atoms with Crippen molar-refractivity contribution >= 4 is 5.91 Å². The van der Waals surface area contributed by atoms with Gasteiger partial charge in [0.2, 0.25) is 5.91 Å². The number of benzene rings is 1. The second-order valence-electron chi connectivity index (χ2n) is 6.89. The van der Waals surface area contributed by atoms with Crippen molar-refractivity contribution in [1.82, 2.24) is 4.90 Å². The van der Waals surface area contributed by atoms with Gasteiger partial charge in [0.25, 0.3) is 0 Å². The monoisotopic (exact) mass is 373 g/mol. The number of fused-ring (bicyclic) bond motifs is 1. The number of alkyl halides is 3. The first-order chi connectivity index (χ1) is 12.2. The molecule has 1 fully saturated rings. The van der Waals surface area contributed by atoms with Gasteiger partial charge in [-0.1, -0.05) is 0 Å². The lowest BCUT2D eigenvalue weighted by Gasteiger charge is -2.31. The molecule has 8 heteroatoms. The first kappa shape index (κ1) is 18.8. The van der Waals surface area contributed by atoms with Crippen LogP contribution in [0.2, 0.25) is 0 Å². The van der Waals surface area contributed by atoms with Crippen LogP contribution < -0.4 is 9.47 Å². The van der Waals surface area contributed by atoms with E-state index in [1.54, 1.807) is 25.3 Å². The van der Waals surface area contributed by atoms with Gasteiger partial charge in [-0.15, -0.1) is 0 Å². The Labute approximate surface area is 149 Å². The third-order valence-corrected chi connectivity index (χ3v) is 5.18. The third kappa shape index (κ3) is 3.60. The minimum absolute atomic E-state index is 0.111. The summed E-state index contributed by atoms with van der Waals surface area (Å²) in [6, 6.07) is 5.36. The average molecular weight is 373 g/mol. The Kier molecular flexibility index (Phi) is 5.05. The van der Waals surface area contributed by atoms with Crippen molar-refractivity contribution in [3.63, 3.8) is 0 Å². The molecular weight excluding hydrogens is 351 g/mol. The molecule has 2 aliphatic heterocycles. The molecular formula is C18H22F3NO4. The molecule has 0 aliphatic carbocycles. The van der Waals surface area contributed by atoms with E-state index in [1.165, 1.54) is 4.90 Å². The predicted molar refractivity (Wildman–Crippen MR) is 87.1 cm³/mol. The topological polar surface area (TPSA) is 59.0 Å². The Morgan fingerprint density at radius 1 is 1.35 bits per heavy atom. The van der Waals surface area contributed by atoms with Crippen molar-refractivity contribution < 1.29 is 32.5 Å². The number of hydrogen-bond donors (Lipinski definition) is 1. The Hall–Kier alpha value is -1.96. The molecule has 1 aromatic carbocycles. The van der Waals surface area contributed by atoms with Crippen molar-refractivity contribution in [3.8, 4) is 11.5 Å². The lowest BCUT2D eigenvalue weighted by molar-refractivity contribution is -0.263. The number of likely N-dealkylation sites (tertiary alicyclic amines) is 1. The van der Waals surface area contributed by atoms with Crippen molar-refractivity contribution in [3.05, 3.63) is 23.8 Å². The molecule has 2 atom stereocenters. The fourth-order valence-corrected chi connectivity index (χ4v) is 3.54. The standard InChI is InChI=1S/C18H22F3NO4/c1-25-14-3-4-15-12(10-14)9-13(11-26-15)16(23)22-7-2-5-17(24,6-8-22)18(19,20)21/h3-4,10,13,24H,2,5-9,11H2,1H3. The fourth-order valence-electron chi connectivity index (χ4n) is 3.54. The number of hydrogen-bond acceptors (Lipinski definition) is 4. The van der Waals surface area contributed by atoms with Gasteiger partial charge in [0.1, 0.15) is 18.1 Å². The zero-order valence-corrected chi connectivity index (χ0v) is 14.5. The maximum Gasteiger partial charge on any atom is 0.417 e. The summed E-state index contributed by atoms with van der Waals surface area (Å²) in [6.45, 7) is 0.285. The highest BCUT2D eigenvalue weighted by atomic mass is 19.4. The third-order valence-electron chi connectivity index (χ3n) is 5.18. The van der Waals surface area contributed by atoms with Crippen LogP contribution in [0.25, 0.3) is 0 Å². The summed E-state index contributed by atoms with van der Waals surface area (Å²) in [4.78, 5) is 14.2. The van der Waals surface area contributed by atoms with E-state index in [4.69, 9.17) is 9.47 Å². The van der Waals surface area contributed by atoms with Crippen LogP contribution in [0.4, 0.5) is 13.2 Å². The highest BCUT2D eigenvalue weighted by molar-refractivity contribution is 5.80. The number of nitrogens with zero attached hydrogens (tertiary/aromatic N) is 1. The number of amides is 1. The van der Waals surface area contributed by atoms with Gasteiger partial charge < -0.3 is 19.5 Å². The minimum atomic E-state index is -4.69. The maximum atomic E-state index is 13.0. The van der Waals surface area contributed by atoms with Gasteiger partial charge in [-0.3, -0.25) is 4.79 Å². The van der Waals surface area contributed by atoms with E-state index in [2.05, 4.69) is 0 Å². The molecule has 1 aromatic rings. The Balaban J connectivity index is 1.68. The van der Waals surface area contributed by atoms with Crippen LogP contribution in [0.3, 0.4) is 0 Å². The summed E-state index contributed by atoms with van der Waals surface area (Å²) >= 11 is 0.